The molecule has 0 saturated heterocycles. The van der Waals surface area contributed by atoms with Gasteiger partial charge in [-0.1, -0.05) is 39.0 Å². The molecule has 0 aromatic rings. The average molecular weight is 427 g/mol. The molecule has 0 radical (unpaired) electrons. The van der Waals surface area contributed by atoms with Gasteiger partial charge in [-0.25, -0.2) is 4.39 Å². The van der Waals surface area contributed by atoms with E-state index in [4.69, 9.17) is 23.2 Å². The molecule has 8 atom stereocenters. The molecule has 4 aliphatic rings. The SMILES string of the molecule is CC1C[C@H]2[C@@H]3C=CC4=CC(=O)C=C[C@]4(C)[C@@]3(Cl)C(F)C[C@]2(C)[C@@]1(O)C(=O)CCl. The minimum absolute atomic E-state index is 0.0281. The summed E-state index contributed by atoms with van der Waals surface area (Å²) in [6.45, 7) is 5.50. The van der Waals surface area contributed by atoms with E-state index in [1.807, 2.05) is 26.0 Å². The van der Waals surface area contributed by atoms with Gasteiger partial charge in [-0.2, -0.15) is 0 Å². The molecule has 3 nitrogen and oxygen atoms in total. The molecule has 6 heteroatoms. The summed E-state index contributed by atoms with van der Waals surface area (Å²) in [5, 5.41) is 11.5. The first-order chi connectivity index (χ1) is 13.0. The Morgan fingerprint density at radius 3 is 2.68 bits per heavy atom. The van der Waals surface area contributed by atoms with Crippen LogP contribution in [0, 0.1) is 28.6 Å². The summed E-state index contributed by atoms with van der Waals surface area (Å²) in [5.41, 5.74) is -2.78. The highest BCUT2D eigenvalue weighted by Crippen LogP contribution is 2.70. The van der Waals surface area contributed by atoms with Gasteiger partial charge in [0.1, 0.15) is 11.8 Å². The molecule has 0 aromatic carbocycles. The maximum Gasteiger partial charge on any atom is 0.179 e. The van der Waals surface area contributed by atoms with Gasteiger partial charge >= 0.3 is 0 Å². The monoisotopic (exact) mass is 426 g/mol. The molecule has 0 bridgehead atoms. The quantitative estimate of drug-likeness (QED) is 0.674. The van der Waals surface area contributed by atoms with Crippen molar-refractivity contribution in [2.45, 2.75) is 50.3 Å². The number of alkyl halides is 3. The predicted octanol–water partition coefficient (Wildman–Crippen LogP) is 4.16. The molecule has 0 amide bonds. The smallest absolute Gasteiger partial charge is 0.179 e. The molecule has 0 heterocycles. The van der Waals surface area contributed by atoms with Gasteiger partial charge in [0.15, 0.2) is 11.6 Å². The fraction of sp³-hybridized carbons (Fsp3) is 0.636. The normalized spacial score (nSPS) is 52.0. The van der Waals surface area contributed by atoms with Crippen LogP contribution in [0.25, 0.3) is 0 Å². The fourth-order valence-electron chi connectivity index (χ4n) is 6.64. The zero-order valence-electron chi connectivity index (χ0n) is 16.2. The van der Waals surface area contributed by atoms with Crippen molar-refractivity contribution in [1.82, 2.24) is 0 Å². The van der Waals surface area contributed by atoms with E-state index in [2.05, 4.69) is 0 Å². The van der Waals surface area contributed by atoms with Crippen molar-refractivity contribution in [3.8, 4) is 0 Å². The van der Waals surface area contributed by atoms with E-state index in [-0.39, 0.29) is 35.8 Å². The van der Waals surface area contributed by atoms with Crippen molar-refractivity contribution in [1.29, 1.82) is 0 Å². The Labute approximate surface area is 174 Å². The molecule has 4 aliphatic carbocycles. The number of hydrogen-bond donors (Lipinski definition) is 1. The lowest BCUT2D eigenvalue weighted by molar-refractivity contribution is -0.165. The average Bonchev–Trinajstić information content (AvgIpc) is 2.84. The van der Waals surface area contributed by atoms with E-state index in [0.717, 1.165) is 0 Å². The Bertz CT molecular complexity index is 851. The maximum atomic E-state index is 16.0. The third kappa shape index (κ3) is 2.10. The van der Waals surface area contributed by atoms with E-state index in [1.165, 1.54) is 12.2 Å². The highest BCUT2D eigenvalue weighted by Gasteiger charge is 2.74. The van der Waals surface area contributed by atoms with Gasteiger partial charge in [-0.15, -0.1) is 23.2 Å². The predicted molar refractivity (Wildman–Crippen MR) is 107 cm³/mol. The van der Waals surface area contributed by atoms with Gasteiger partial charge in [0, 0.05) is 16.7 Å². The number of fused-ring (bicyclic) bond motifs is 5. The molecule has 152 valence electrons. The van der Waals surface area contributed by atoms with Crippen molar-refractivity contribution in [2.24, 2.45) is 28.6 Å². The molecule has 2 saturated carbocycles. The van der Waals surface area contributed by atoms with Gasteiger partial charge in [0.25, 0.3) is 0 Å². The van der Waals surface area contributed by atoms with Crippen molar-refractivity contribution in [3.63, 3.8) is 0 Å². The van der Waals surface area contributed by atoms with Gasteiger partial charge in [0.2, 0.25) is 0 Å². The van der Waals surface area contributed by atoms with E-state index in [0.29, 0.717) is 12.0 Å². The molecule has 1 N–H and O–H groups in total. The number of carbonyl (C=O) groups excluding carboxylic acids is 2. The highest BCUT2D eigenvalue weighted by atomic mass is 35.5. The topological polar surface area (TPSA) is 54.4 Å². The molecule has 2 fully saturated rings. The van der Waals surface area contributed by atoms with E-state index < -0.39 is 33.3 Å². The van der Waals surface area contributed by atoms with Crippen molar-refractivity contribution < 1.29 is 19.1 Å². The van der Waals surface area contributed by atoms with Crippen molar-refractivity contribution in [3.05, 3.63) is 36.0 Å². The summed E-state index contributed by atoms with van der Waals surface area (Å²) in [6.07, 6.45) is 7.48. The van der Waals surface area contributed by atoms with Gasteiger partial charge < -0.3 is 5.11 Å². The minimum Gasteiger partial charge on any atom is -0.381 e. The van der Waals surface area contributed by atoms with E-state index >= 15 is 4.39 Å². The van der Waals surface area contributed by atoms with Crippen LogP contribution in [0.3, 0.4) is 0 Å². The van der Waals surface area contributed by atoms with Crippen LogP contribution in [0.5, 0.6) is 0 Å². The second-order valence-electron chi connectivity index (χ2n) is 9.35. The van der Waals surface area contributed by atoms with E-state index in [1.54, 1.807) is 13.0 Å². The number of allylic oxidation sites excluding steroid dienone is 6. The Morgan fingerprint density at radius 1 is 1.36 bits per heavy atom. The Hall–Kier alpha value is -0.970. The first-order valence-electron chi connectivity index (χ1n) is 9.75. The van der Waals surface area contributed by atoms with Gasteiger partial charge in [0.05, 0.1) is 10.8 Å². The molecule has 4 rings (SSSR count). The largest absolute Gasteiger partial charge is 0.381 e. The Morgan fingerprint density at radius 2 is 2.04 bits per heavy atom. The number of aliphatic hydroxyl groups is 1. The summed E-state index contributed by atoms with van der Waals surface area (Å²) < 4.78 is 16.0. The minimum atomic E-state index is -1.68. The zero-order chi connectivity index (χ0) is 20.7. The molecule has 0 aromatic heterocycles. The lowest BCUT2D eigenvalue weighted by Crippen LogP contribution is -2.67. The molecule has 2 unspecified atom stereocenters. The van der Waals surface area contributed by atoms with Crippen LogP contribution < -0.4 is 0 Å². The van der Waals surface area contributed by atoms with Crippen molar-refractivity contribution in [2.75, 3.05) is 5.88 Å². The fourth-order valence-corrected chi connectivity index (χ4v) is 7.32. The first-order valence-corrected chi connectivity index (χ1v) is 10.7. The summed E-state index contributed by atoms with van der Waals surface area (Å²) >= 11 is 13.0. The first kappa shape index (κ1) is 20.3. The Balaban J connectivity index is 1.88. The third-order valence-corrected chi connectivity index (χ3v) is 9.42. The van der Waals surface area contributed by atoms with Gasteiger partial charge in [-0.3, -0.25) is 9.59 Å². The number of carbonyl (C=O) groups is 2. The number of hydrogen-bond acceptors (Lipinski definition) is 3. The van der Waals surface area contributed by atoms with Gasteiger partial charge in [-0.05, 0) is 42.4 Å². The van der Waals surface area contributed by atoms with E-state index in [9.17, 15) is 14.7 Å². The number of Topliss-reactive ketones (excluding diaryl/α,β-unsaturated/α-hetero) is 1. The Kier molecular flexibility index (Phi) is 4.37. The second-order valence-corrected chi connectivity index (χ2v) is 10.2. The zero-order valence-corrected chi connectivity index (χ0v) is 17.7. The van der Waals surface area contributed by atoms with Crippen LogP contribution >= 0.6 is 23.2 Å². The lowest BCUT2D eigenvalue weighted by atomic mass is 9.47. The van der Waals surface area contributed by atoms with Crippen LogP contribution in [-0.2, 0) is 9.59 Å². The molecule has 28 heavy (non-hydrogen) atoms. The maximum absolute atomic E-state index is 16.0. The third-order valence-electron chi connectivity index (χ3n) is 8.29. The summed E-state index contributed by atoms with van der Waals surface area (Å²) in [4.78, 5) is 23.2. The summed E-state index contributed by atoms with van der Waals surface area (Å²) in [6, 6.07) is 0. The number of ketones is 2. The molecule has 0 aliphatic heterocycles. The van der Waals surface area contributed by atoms with Crippen molar-refractivity contribution >= 4 is 34.8 Å². The summed E-state index contributed by atoms with van der Waals surface area (Å²) in [5.74, 6) is -1.80. The summed E-state index contributed by atoms with van der Waals surface area (Å²) in [7, 11) is 0. The van der Waals surface area contributed by atoms with Crippen LogP contribution in [0.4, 0.5) is 4.39 Å². The molecular weight excluding hydrogens is 402 g/mol. The van der Waals surface area contributed by atoms with Crippen LogP contribution in [0.2, 0.25) is 0 Å². The molecular formula is C22H25Cl2FO3. The second kappa shape index (κ2) is 6.02. The number of rotatable bonds is 2. The number of halogens is 3. The lowest BCUT2D eigenvalue weighted by Gasteiger charge is -2.61. The molecule has 0 spiro atoms. The van der Waals surface area contributed by atoms with Crippen LogP contribution in [-0.4, -0.2) is 39.2 Å². The van der Waals surface area contributed by atoms with Crippen LogP contribution in [0.15, 0.2) is 36.0 Å². The highest BCUT2D eigenvalue weighted by molar-refractivity contribution is 6.29. The standard InChI is InChI=1S/C22H25Cl2FO3/c1-12-8-16-15-5-4-13-9-14(26)6-7-19(13,2)21(15,24)17(25)10-20(16,3)22(12,28)18(27)11-23/h4-7,9,12,15-17,28H,8,10-11H2,1-3H3/t12?,15-,16-,17?,19-,20-,21-,22-/m0/s1. The van der Waals surface area contributed by atoms with Crippen LogP contribution in [0.1, 0.15) is 33.6 Å².